The highest BCUT2D eigenvalue weighted by Crippen LogP contribution is 2.32. The predicted molar refractivity (Wildman–Crippen MR) is 134 cm³/mol. The maximum Gasteiger partial charge on any atom is 0.233 e. The van der Waals surface area contributed by atoms with E-state index in [-0.39, 0.29) is 46.9 Å². The lowest BCUT2D eigenvalue weighted by molar-refractivity contribution is -0.130. The zero-order chi connectivity index (χ0) is 25.7. The van der Waals surface area contributed by atoms with E-state index < -0.39 is 0 Å². The number of hydrogen-bond donors (Lipinski definition) is 4. The Morgan fingerprint density at radius 2 is 1.12 bits per heavy atom. The molecule has 0 aliphatic rings. The molecule has 0 bridgehead atoms. The number of carbonyl (C=O) groups is 3. The summed E-state index contributed by atoms with van der Waals surface area (Å²) in [6, 6.07) is 0. The van der Waals surface area contributed by atoms with Gasteiger partial charge < -0.3 is 22.1 Å². The molecular weight excluding hydrogens is 404 g/mol. The summed E-state index contributed by atoms with van der Waals surface area (Å²) < 4.78 is 0. The average molecular weight is 457 g/mol. The summed E-state index contributed by atoms with van der Waals surface area (Å²) in [5, 5.41) is 5.77. The van der Waals surface area contributed by atoms with Crippen LogP contribution in [-0.2, 0) is 14.4 Å². The summed E-state index contributed by atoms with van der Waals surface area (Å²) in [6.07, 6.45) is 2.82. The van der Waals surface area contributed by atoms with E-state index in [0.717, 1.165) is 19.3 Å². The summed E-state index contributed by atoms with van der Waals surface area (Å²) in [4.78, 5) is 34.2. The van der Waals surface area contributed by atoms with Crippen LogP contribution in [-0.4, -0.2) is 37.4 Å². The van der Waals surface area contributed by atoms with Gasteiger partial charge in [-0.05, 0) is 41.9 Å². The van der Waals surface area contributed by atoms with Gasteiger partial charge in [-0.2, -0.15) is 0 Å². The van der Waals surface area contributed by atoms with Gasteiger partial charge in [0.1, 0.15) is 0 Å². The Kier molecular flexibility index (Phi) is 15.5. The quantitative estimate of drug-likeness (QED) is 0.355. The first-order valence-electron chi connectivity index (χ1n) is 12.0. The Labute approximate surface area is 197 Å². The molecule has 0 aliphatic heterocycles. The third kappa shape index (κ3) is 14.4. The van der Waals surface area contributed by atoms with E-state index >= 15 is 0 Å². The third-order valence-electron chi connectivity index (χ3n) is 5.45. The molecule has 0 aromatic carbocycles. The second-order valence-electron chi connectivity index (χ2n) is 11.5. The lowest BCUT2D eigenvalue weighted by atomic mass is 9.74. The van der Waals surface area contributed by atoms with Gasteiger partial charge >= 0.3 is 0 Å². The van der Waals surface area contributed by atoms with Crippen molar-refractivity contribution < 1.29 is 14.4 Å². The number of carbonyl (C=O) groups excluding carboxylic acids is 3. The van der Waals surface area contributed by atoms with Crippen LogP contribution < -0.4 is 22.1 Å². The molecule has 0 aromatic rings. The monoisotopic (exact) mass is 456 g/mol. The lowest BCUT2D eigenvalue weighted by Crippen LogP contribution is -2.41. The minimum Gasteiger partial charge on any atom is -0.369 e. The van der Waals surface area contributed by atoms with Crippen LogP contribution in [0.4, 0.5) is 0 Å². The molecule has 6 N–H and O–H groups in total. The molecule has 0 aliphatic carbocycles. The van der Waals surface area contributed by atoms with Gasteiger partial charge in [0.15, 0.2) is 0 Å². The van der Waals surface area contributed by atoms with Crippen LogP contribution in [0.25, 0.3) is 0 Å². The van der Waals surface area contributed by atoms with Crippen molar-refractivity contribution in [3.05, 3.63) is 0 Å². The van der Waals surface area contributed by atoms with Crippen LogP contribution in [0.3, 0.4) is 0 Å². The van der Waals surface area contributed by atoms with Crippen molar-refractivity contribution in [2.24, 2.45) is 46.0 Å². The molecule has 2 unspecified atom stereocenters. The van der Waals surface area contributed by atoms with Gasteiger partial charge in [0.25, 0.3) is 0 Å². The number of rotatable bonds is 11. The summed E-state index contributed by atoms with van der Waals surface area (Å²) in [7, 11) is 0. The van der Waals surface area contributed by atoms with Gasteiger partial charge in [-0.25, -0.2) is 0 Å². The summed E-state index contributed by atoms with van der Waals surface area (Å²) in [6.45, 7) is 22.1. The van der Waals surface area contributed by atoms with Crippen LogP contribution in [0.2, 0.25) is 0 Å². The topological polar surface area (TPSA) is 127 Å². The van der Waals surface area contributed by atoms with Crippen LogP contribution in [0.5, 0.6) is 0 Å². The van der Waals surface area contributed by atoms with Crippen molar-refractivity contribution >= 4 is 17.7 Å². The Morgan fingerprint density at radius 1 is 0.719 bits per heavy atom. The van der Waals surface area contributed by atoms with Crippen molar-refractivity contribution in [1.82, 2.24) is 10.6 Å². The van der Waals surface area contributed by atoms with Crippen molar-refractivity contribution in [3.8, 4) is 0 Å². The molecule has 2 atom stereocenters. The van der Waals surface area contributed by atoms with Crippen LogP contribution in [0.15, 0.2) is 0 Å². The molecule has 7 nitrogen and oxygen atoms in total. The van der Waals surface area contributed by atoms with E-state index in [1.165, 1.54) is 0 Å². The van der Waals surface area contributed by atoms with Gasteiger partial charge in [0.05, 0.1) is 6.54 Å². The van der Waals surface area contributed by atoms with E-state index in [4.69, 9.17) is 11.5 Å². The zero-order valence-corrected chi connectivity index (χ0v) is 22.4. The first-order valence-corrected chi connectivity index (χ1v) is 12.0. The molecule has 0 rings (SSSR count). The maximum absolute atomic E-state index is 12.3. The summed E-state index contributed by atoms with van der Waals surface area (Å²) in [5.41, 5.74) is 10.4. The molecule has 0 saturated carbocycles. The normalized spacial score (nSPS) is 13.8. The fourth-order valence-corrected chi connectivity index (χ4v) is 4.50. The second-order valence-corrected chi connectivity index (χ2v) is 11.5. The SMILES string of the molecule is CC(C)C(C(=O)NCCCCCNC(=O)CN)C(C)(C)C.CC(C)C(C(N)=O)C(C)(C)C. The van der Waals surface area contributed by atoms with Gasteiger partial charge in [0.2, 0.25) is 17.7 Å². The van der Waals surface area contributed by atoms with E-state index in [1.807, 2.05) is 34.6 Å². The molecule has 0 heterocycles. The average Bonchev–Trinajstić information content (AvgIpc) is 2.57. The Balaban J connectivity index is 0. The van der Waals surface area contributed by atoms with E-state index in [9.17, 15) is 14.4 Å². The number of amides is 3. The fourth-order valence-electron chi connectivity index (χ4n) is 4.50. The smallest absolute Gasteiger partial charge is 0.233 e. The zero-order valence-electron chi connectivity index (χ0n) is 22.4. The van der Waals surface area contributed by atoms with E-state index in [2.05, 4.69) is 45.3 Å². The van der Waals surface area contributed by atoms with Gasteiger partial charge in [-0.1, -0.05) is 69.2 Å². The van der Waals surface area contributed by atoms with Gasteiger partial charge in [-0.3, -0.25) is 14.4 Å². The molecule has 0 saturated heterocycles. The van der Waals surface area contributed by atoms with Crippen LogP contribution in [0.1, 0.15) is 88.5 Å². The lowest BCUT2D eigenvalue weighted by Gasteiger charge is -2.32. The van der Waals surface area contributed by atoms with Gasteiger partial charge in [-0.15, -0.1) is 0 Å². The van der Waals surface area contributed by atoms with Crippen molar-refractivity contribution in [2.75, 3.05) is 19.6 Å². The second kappa shape index (κ2) is 15.3. The highest BCUT2D eigenvalue weighted by atomic mass is 16.2. The molecule has 190 valence electrons. The fraction of sp³-hybridized carbons (Fsp3) is 0.880. The largest absolute Gasteiger partial charge is 0.369 e. The minimum atomic E-state index is -0.187. The van der Waals surface area contributed by atoms with Crippen molar-refractivity contribution in [1.29, 1.82) is 0 Å². The third-order valence-corrected chi connectivity index (χ3v) is 5.45. The van der Waals surface area contributed by atoms with Crippen molar-refractivity contribution in [3.63, 3.8) is 0 Å². The Morgan fingerprint density at radius 3 is 1.41 bits per heavy atom. The first kappa shape index (κ1) is 32.5. The first-order chi connectivity index (χ1) is 14.5. The van der Waals surface area contributed by atoms with Crippen LogP contribution >= 0.6 is 0 Å². The molecule has 32 heavy (non-hydrogen) atoms. The Bertz CT molecular complexity index is 561. The molecule has 0 fully saturated rings. The maximum atomic E-state index is 12.3. The predicted octanol–water partition coefficient (Wildman–Crippen LogP) is 3.46. The van der Waals surface area contributed by atoms with E-state index in [0.29, 0.717) is 24.9 Å². The number of nitrogens with one attached hydrogen (secondary N) is 2. The highest BCUT2D eigenvalue weighted by molar-refractivity contribution is 5.79. The molecular formula is C25H52N4O3. The van der Waals surface area contributed by atoms with Crippen LogP contribution in [0, 0.1) is 34.5 Å². The highest BCUT2D eigenvalue weighted by Gasteiger charge is 2.33. The standard InChI is InChI=1S/C16H33N3O2.C9H19NO/c1-12(2)14(16(3,4)5)15(21)19-10-8-6-7-9-18-13(20)11-17;1-6(2)7(8(10)11)9(3,4)5/h12,14H,6-11,17H2,1-5H3,(H,18,20)(H,19,21);6-7H,1-5H3,(H2,10,11). The summed E-state index contributed by atoms with van der Waals surface area (Å²) in [5.74, 6) is 0.502. The number of unbranched alkanes of at least 4 members (excludes halogenated alkanes) is 2. The number of hydrogen-bond acceptors (Lipinski definition) is 4. The van der Waals surface area contributed by atoms with E-state index in [1.54, 1.807) is 0 Å². The van der Waals surface area contributed by atoms with Gasteiger partial charge in [0, 0.05) is 24.9 Å². The summed E-state index contributed by atoms with van der Waals surface area (Å²) >= 11 is 0. The number of primary amides is 1. The molecule has 3 amide bonds. The molecule has 0 radical (unpaired) electrons. The van der Waals surface area contributed by atoms with Crippen molar-refractivity contribution in [2.45, 2.75) is 88.5 Å². The molecule has 0 spiro atoms. The number of nitrogens with two attached hydrogens (primary N) is 2. The Hall–Kier alpha value is -1.63. The molecule has 7 heteroatoms. The molecule has 0 aromatic heterocycles. The minimum absolute atomic E-state index is 0.0139.